The molecular weight excluding hydrogens is 282 g/mol. The van der Waals surface area contributed by atoms with E-state index in [4.69, 9.17) is 9.15 Å². The molecule has 0 aliphatic rings. The van der Waals surface area contributed by atoms with Gasteiger partial charge in [0.05, 0.1) is 19.4 Å². The number of benzene rings is 1. The fraction of sp³-hybridized carbons (Fsp3) is 0.250. The van der Waals surface area contributed by atoms with Crippen molar-refractivity contribution in [3.63, 3.8) is 0 Å². The normalized spacial score (nSPS) is 10.8. The third kappa shape index (κ3) is 3.01. The number of hydrogen-bond acceptors (Lipinski definition) is 5. The molecule has 6 heteroatoms. The molecule has 0 aliphatic carbocycles. The van der Waals surface area contributed by atoms with Crippen LogP contribution in [-0.2, 0) is 13.2 Å². The molecule has 0 unspecified atom stereocenters. The van der Waals surface area contributed by atoms with Gasteiger partial charge in [-0.05, 0) is 31.2 Å². The van der Waals surface area contributed by atoms with Gasteiger partial charge in [0.1, 0.15) is 23.7 Å². The van der Waals surface area contributed by atoms with E-state index in [9.17, 15) is 5.11 Å². The van der Waals surface area contributed by atoms with Crippen molar-refractivity contribution >= 4 is 0 Å². The number of aromatic nitrogens is 3. The minimum absolute atomic E-state index is 0.186. The first-order valence-electron chi connectivity index (χ1n) is 7.04. The van der Waals surface area contributed by atoms with Crippen LogP contribution < -0.4 is 4.74 Å². The van der Waals surface area contributed by atoms with Gasteiger partial charge in [-0.15, -0.1) is 5.10 Å². The van der Waals surface area contributed by atoms with Crippen molar-refractivity contribution in [3.8, 4) is 17.2 Å². The first-order valence-corrected chi connectivity index (χ1v) is 7.04. The number of rotatable bonds is 6. The maximum absolute atomic E-state index is 9.37. The second-order valence-electron chi connectivity index (χ2n) is 4.90. The Kier molecular flexibility index (Phi) is 4.20. The van der Waals surface area contributed by atoms with Crippen molar-refractivity contribution in [2.75, 3.05) is 6.61 Å². The lowest BCUT2D eigenvalue weighted by Crippen LogP contribution is -2.11. The summed E-state index contributed by atoms with van der Waals surface area (Å²) in [5.41, 5.74) is 2.36. The van der Waals surface area contributed by atoms with Gasteiger partial charge in [-0.2, -0.15) is 0 Å². The Morgan fingerprint density at radius 2 is 2.05 bits per heavy atom. The summed E-state index contributed by atoms with van der Waals surface area (Å²) < 4.78 is 12.8. The third-order valence-electron chi connectivity index (χ3n) is 3.30. The molecule has 0 atom stereocenters. The molecule has 2 aromatic heterocycles. The molecule has 0 saturated heterocycles. The highest BCUT2D eigenvalue weighted by Gasteiger charge is 2.16. The molecule has 2 heterocycles. The maximum Gasteiger partial charge on any atom is 0.153 e. The Hall–Kier alpha value is -2.60. The van der Waals surface area contributed by atoms with Crippen molar-refractivity contribution < 1.29 is 14.3 Å². The Bertz CT molecular complexity index is 718. The van der Waals surface area contributed by atoms with E-state index in [-0.39, 0.29) is 6.61 Å². The smallest absolute Gasteiger partial charge is 0.153 e. The molecule has 3 aromatic rings. The molecule has 0 radical (unpaired) electrons. The van der Waals surface area contributed by atoms with Crippen LogP contribution >= 0.6 is 0 Å². The zero-order valence-corrected chi connectivity index (χ0v) is 12.3. The van der Waals surface area contributed by atoms with Gasteiger partial charge < -0.3 is 14.3 Å². The fourth-order valence-corrected chi connectivity index (χ4v) is 2.18. The van der Waals surface area contributed by atoms with Crippen LogP contribution in [0.2, 0.25) is 0 Å². The average molecular weight is 299 g/mol. The predicted octanol–water partition coefficient (Wildman–Crippen LogP) is 2.42. The Morgan fingerprint density at radius 3 is 2.73 bits per heavy atom. The van der Waals surface area contributed by atoms with Crippen molar-refractivity contribution in [2.24, 2.45) is 0 Å². The van der Waals surface area contributed by atoms with E-state index in [2.05, 4.69) is 10.3 Å². The van der Waals surface area contributed by atoms with E-state index >= 15 is 0 Å². The molecule has 114 valence electrons. The van der Waals surface area contributed by atoms with Crippen LogP contribution in [0.15, 0.2) is 47.1 Å². The lowest BCUT2D eigenvalue weighted by Gasteiger charge is -2.08. The predicted molar refractivity (Wildman–Crippen MR) is 80.3 cm³/mol. The average Bonchev–Trinajstić information content (AvgIpc) is 3.17. The number of hydrogen-bond donors (Lipinski definition) is 1. The Morgan fingerprint density at radius 1 is 1.23 bits per heavy atom. The number of aliphatic hydroxyl groups is 1. The number of aryl methyl sites for hydroxylation is 1. The zero-order chi connectivity index (χ0) is 15.4. The van der Waals surface area contributed by atoms with Gasteiger partial charge in [0.15, 0.2) is 5.76 Å². The van der Waals surface area contributed by atoms with Crippen LogP contribution in [0.3, 0.4) is 0 Å². The zero-order valence-electron chi connectivity index (χ0n) is 12.3. The van der Waals surface area contributed by atoms with Crippen molar-refractivity contribution in [2.45, 2.75) is 20.1 Å². The molecule has 1 aromatic carbocycles. The number of aliphatic hydroxyl groups excluding tert-OH is 1. The van der Waals surface area contributed by atoms with Gasteiger partial charge in [-0.1, -0.05) is 22.9 Å². The molecule has 0 aliphatic heterocycles. The summed E-state index contributed by atoms with van der Waals surface area (Å²) in [5, 5.41) is 17.4. The summed E-state index contributed by atoms with van der Waals surface area (Å²) in [7, 11) is 0. The second-order valence-corrected chi connectivity index (χ2v) is 4.90. The summed E-state index contributed by atoms with van der Waals surface area (Å²) in [6, 6.07) is 11.5. The van der Waals surface area contributed by atoms with Crippen molar-refractivity contribution in [1.82, 2.24) is 15.0 Å². The quantitative estimate of drug-likeness (QED) is 0.756. The van der Waals surface area contributed by atoms with Crippen LogP contribution in [0.1, 0.15) is 11.3 Å². The SMILES string of the molecule is Cc1ccc(OCCn2nnc(CO)c2-c2ccco2)cc1. The standard InChI is InChI=1S/C16H17N3O3/c1-12-4-6-13(7-5-12)21-10-8-19-16(14(11-20)17-18-19)15-3-2-9-22-15/h2-7,9,20H,8,10-11H2,1H3. The summed E-state index contributed by atoms with van der Waals surface area (Å²) >= 11 is 0. The number of furan rings is 1. The van der Waals surface area contributed by atoms with Crippen molar-refractivity contribution in [1.29, 1.82) is 0 Å². The van der Waals surface area contributed by atoms with Gasteiger partial charge in [-0.25, -0.2) is 4.68 Å². The van der Waals surface area contributed by atoms with Crippen LogP contribution in [-0.4, -0.2) is 26.7 Å². The molecule has 1 N–H and O–H groups in total. The van der Waals surface area contributed by atoms with Crippen LogP contribution in [0.4, 0.5) is 0 Å². The van der Waals surface area contributed by atoms with Crippen LogP contribution in [0.25, 0.3) is 11.5 Å². The molecule has 22 heavy (non-hydrogen) atoms. The van der Waals surface area contributed by atoms with Gasteiger partial charge in [-0.3, -0.25) is 0 Å². The van der Waals surface area contributed by atoms with Gasteiger partial charge in [0.2, 0.25) is 0 Å². The number of ether oxygens (including phenoxy) is 1. The molecule has 0 bridgehead atoms. The fourth-order valence-electron chi connectivity index (χ4n) is 2.18. The van der Waals surface area contributed by atoms with Crippen LogP contribution in [0.5, 0.6) is 5.75 Å². The highest BCUT2D eigenvalue weighted by molar-refractivity contribution is 5.54. The molecule has 0 spiro atoms. The summed E-state index contributed by atoms with van der Waals surface area (Å²) in [6.07, 6.45) is 1.58. The van der Waals surface area contributed by atoms with Crippen molar-refractivity contribution in [3.05, 3.63) is 53.9 Å². The highest BCUT2D eigenvalue weighted by atomic mass is 16.5. The largest absolute Gasteiger partial charge is 0.492 e. The Labute approximate surface area is 128 Å². The Balaban J connectivity index is 1.70. The molecule has 0 fully saturated rings. The number of nitrogens with zero attached hydrogens (tertiary/aromatic N) is 3. The minimum Gasteiger partial charge on any atom is -0.492 e. The summed E-state index contributed by atoms with van der Waals surface area (Å²) in [4.78, 5) is 0. The van der Waals surface area contributed by atoms with E-state index in [0.717, 1.165) is 5.75 Å². The first-order chi connectivity index (χ1) is 10.8. The van der Waals surface area contributed by atoms with E-state index in [1.807, 2.05) is 37.3 Å². The van der Waals surface area contributed by atoms with E-state index < -0.39 is 0 Å². The lowest BCUT2D eigenvalue weighted by atomic mass is 10.2. The monoisotopic (exact) mass is 299 g/mol. The summed E-state index contributed by atoms with van der Waals surface area (Å²) in [6.45, 7) is 2.81. The highest BCUT2D eigenvalue weighted by Crippen LogP contribution is 2.22. The van der Waals surface area contributed by atoms with Gasteiger partial charge in [0.25, 0.3) is 0 Å². The first kappa shape index (κ1) is 14.3. The van der Waals surface area contributed by atoms with E-state index in [1.54, 1.807) is 17.0 Å². The van der Waals surface area contributed by atoms with E-state index in [1.165, 1.54) is 5.56 Å². The van der Waals surface area contributed by atoms with Gasteiger partial charge in [0, 0.05) is 0 Å². The second kappa shape index (κ2) is 6.44. The van der Waals surface area contributed by atoms with Crippen LogP contribution in [0, 0.1) is 6.92 Å². The molecule has 0 saturated carbocycles. The minimum atomic E-state index is -0.186. The molecule has 3 rings (SSSR count). The van der Waals surface area contributed by atoms with Gasteiger partial charge >= 0.3 is 0 Å². The third-order valence-corrected chi connectivity index (χ3v) is 3.30. The molecule has 0 amide bonds. The van der Waals surface area contributed by atoms with E-state index in [0.29, 0.717) is 30.3 Å². The molecule has 6 nitrogen and oxygen atoms in total. The maximum atomic E-state index is 9.37. The lowest BCUT2D eigenvalue weighted by molar-refractivity contribution is 0.277. The molecular formula is C16H17N3O3. The summed E-state index contributed by atoms with van der Waals surface area (Å²) in [5.74, 6) is 1.44. The topological polar surface area (TPSA) is 73.3 Å².